The SMILES string of the molecule is C#CCN(CCC)C(=O)C1Cc2ccccc21. The second kappa shape index (κ2) is 5.05. The van der Waals surface area contributed by atoms with E-state index in [2.05, 4.69) is 18.9 Å². The molecule has 1 aromatic carbocycles. The van der Waals surface area contributed by atoms with Crippen molar-refractivity contribution in [3.8, 4) is 12.3 Å². The molecule has 0 N–H and O–H groups in total. The molecule has 1 aromatic rings. The maximum atomic E-state index is 12.3. The summed E-state index contributed by atoms with van der Waals surface area (Å²) in [4.78, 5) is 14.1. The molecule has 0 aromatic heterocycles. The van der Waals surface area contributed by atoms with Crippen molar-refractivity contribution < 1.29 is 4.79 Å². The van der Waals surface area contributed by atoms with Gasteiger partial charge in [0.25, 0.3) is 0 Å². The standard InChI is InChI=1S/C15H17NO/c1-3-9-16(10-4-2)15(17)14-11-12-7-5-6-8-13(12)14/h1,5-8,14H,4,9-11H2,2H3. The Balaban J connectivity index is 2.09. The van der Waals surface area contributed by atoms with Crippen LogP contribution < -0.4 is 0 Å². The first kappa shape index (κ1) is 11.7. The average molecular weight is 227 g/mol. The first-order valence-corrected chi connectivity index (χ1v) is 6.08. The second-order valence-electron chi connectivity index (χ2n) is 4.42. The topological polar surface area (TPSA) is 20.3 Å². The molecule has 1 amide bonds. The van der Waals surface area contributed by atoms with E-state index in [0.717, 1.165) is 19.4 Å². The molecule has 1 aliphatic carbocycles. The highest BCUT2D eigenvalue weighted by Crippen LogP contribution is 2.36. The summed E-state index contributed by atoms with van der Waals surface area (Å²) in [6.07, 6.45) is 7.11. The normalized spacial score (nSPS) is 16.6. The Hall–Kier alpha value is -1.75. The van der Waals surface area contributed by atoms with E-state index in [4.69, 9.17) is 6.42 Å². The van der Waals surface area contributed by atoms with Crippen molar-refractivity contribution in [2.45, 2.75) is 25.7 Å². The maximum absolute atomic E-state index is 12.3. The van der Waals surface area contributed by atoms with Crippen LogP contribution in [0.15, 0.2) is 24.3 Å². The average Bonchev–Trinajstić information content (AvgIpc) is 2.30. The number of carbonyl (C=O) groups excluding carboxylic acids is 1. The van der Waals surface area contributed by atoms with Gasteiger partial charge in [-0.15, -0.1) is 6.42 Å². The molecule has 0 saturated heterocycles. The van der Waals surface area contributed by atoms with Crippen LogP contribution in [0.2, 0.25) is 0 Å². The Labute approximate surface area is 103 Å². The third-order valence-electron chi connectivity index (χ3n) is 3.24. The molecule has 0 fully saturated rings. The molecule has 0 radical (unpaired) electrons. The summed E-state index contributed by atoms with van der Waals surface area (Å²) in [6, 6.07) is 8.14. The highest BCUT2D eigenvalue weighted by molar-refractivity contribution is 5.87. The fourth-order valence-corrected chi connectivity index (χ4v) is 2.35. The summed E-state index contributed by atoms with van der Waals surface area (Å²) < 4.78 is 0. The van der Waals surface area contributed by atoms with Crippen LogP contribution in [0.4, 0.5) is 0 Å². The van der Waals surface area contributed by atoms with Gasteiger partial charge in [-0.25, -0.2) is 0 Å². The van der Waals surface area contributed by atoms with Crippen LogP contribution in [0.25, 0.3) is 0 Å². The van der Waals surface area contributed by atoms with Crippen LogP contribution in [0.5, 0.6) is 0 Å². The van der Waals surface area contributed by atoms with E-state index in [1.807, 2.05) is 18.2 Å². The molecule has 0 spiro atoms. The van der Waals surface area contributed by atoms with E-state index in [-0.39, 0.29) is 11.8 Å². The number of terminal acetylenes is 1. The van der Waals surface area contributed by atoms with Crippen molar-refractivity contribution in [1.82, 2.24) is 4.90 Å². The lowest BCUT2D eigenvalue weighted by molar-refractivity contribution is -0.132. The Morgan fingerprint density at radius 3 is 2.94 bits per heavy atom. The Bertz CT molecular complexity index is 458. The van der Waals surface area contributed by atoms with Crippen LogP contribution in [-0.4, -0.2) is 23.9 Å². The second-order valence-corrected chi connectivity index (χ2v) is 4.42. The van der Waals surface area contributed by atoms with Crippen molar-refractivity contribution >= 4 is 5.91 Å². The maximum Gasteiger partial charge on any atom is 0.231 e. The van der Waals surface area contributed by atoms with E-state index in [0.29, 0.717) is 6.54 Å². The minimum Gasteiger partial charge on any atom is -0.331 e. The minimum atomic E-state index is 0.0334. The van der Waals surface area contributed by atoms with Gasteiger partial charge in [-0.3, -0.25) is 4.79 Å². The molecule has 0 bridgehead atoms. The van der Waals surface area contributed by atoms with Crippen molar-refractivity contribution in [3.63, 3.8) is 0 Å². The summed E-state index contributed by atoms with van der Waals surface area (Å²) >= 11 is 0. The van der Waals surface area contributed by atoms with Crippen LogP contribution in [-0.2, 0) is 11.2 Å². The predicted molar refractivity (Wildman–Crippen MR) is 68.6 cm³/mol. The number of nitrogens with zero attached hydrogens (tertiary/aromatic N) is 1. The van der Waals surface area contributed by atoms with E-state index < -0.39 is 0 Å². The molecular weight excluding hydrogens is 210 g/mol. The summed E-state index contributed by atoms with van der Waals surface area (Å²) in [7, 11) is 0. The zero-order chi connectivity index (χ0) is 12.3. The molecular formula is C15H17NO. The molecule has 88 valence electrons. The first-order valence-electron chi connectivity index (χ1n) is 6.08. The molecule has 2 heteroatoms. The Kier molecular flexibility index (Phi) is 3.49. The van der Waals surface area contributed by atoms with Crippen molar-refractivity contribution in [1.29, 1.82) is 0 Å². The third-order valence-corrected chi connectivity index (χ3v) is 3.24. The molecule has 0 heterocycles. The number of benzene rings is 1. The zero-order valence-electron chi connectivity index (χ0n) is 10.1. The molecule has 2 rings (SSSR count). The number of carbonyl (C=O) groups is 1. The van der Waals surface area contributed by atoms with Crippen LogP contribution >= 0.6 is 0 Å². The lowest BCUT2D eigenvalue weighted by atomic mass is 9.77. The van der Waals surface area contributed by atoms with Gasteiger partial charge in [0, 0.05) is 6.54 Å². The van der Waals surface area contributed by atoms with E-state index >= 15 is 0 Å². The lowest BCUT2D eigenvalue weighted by Gasteiger charge is -2.33. The Morgan fingerprint density at radius 2 is 2.29 bits per heavy atom. The fraction of sp³-hybridized carbons (Fsp3) is 0.400. The first-order chi connectivity index (χ1) is 8.27. The molecule has 1 aliphatic rings. The van der Waals surface area contributed by atoms with Gasteiger partial charge in [0.1, 0.15) is 0 Å². The minimum absolute atomic E-state index is 0.0334. The fourth-order valence-electron chi connectivity index (χ4n) is 2.35. The van der Waals surface area contributed by atoms with Gasteiger partial charge in [0.2, 0.25) is 5.91 Å². The van der Waals surface area contributed by atoms with E-state index in [9.17, 15) is 4.79 Å². The summed E-state index contributed by atoms with van der Waals surface area (Å²) in [5.41, 5.74) is 2.47. The van der Waals surface area contributed by atoms with Gasteiger partial charge >= 0.3 is 0 Å². The van der Waals surface area contributed by atoms with E-state index in [1.54, 1.807) is 4.90 Å². The Morgan fingerprint density at radius 1 is 1.53 bits per heavy atom. The van der Waals surface area contributed by atoms with Gasteiger partial charge < -0.3 is 4.90 Å². The summed E-state index contributed by atoms with van der Waals surface area (Å²) in [5, 5.41) is 0. The summed E-state index contributed by atoms with van der Waals surface area (Å²) in [5.74, 6) is 2.78. The molecule has 0 saturated carbocycles. The zero-order valence-corrected chi connectivity index (χ0v) is 10.1. The largest absolute Gasteiger partial charge is 0.331 e. The quantitative estimate of drug-likeness (QED) is 0.722. The van der Waals surface area contributed by atoms with Crippen LogP contribution in [0.1, 0.15) is 30.4 Å². The number of hydrogen-bond acceptors (Lipinski definition) is 1. The molecule has 1 atom stereocenters. The third kappa shape index (κ3) is 2.19. The molecule has 2 nitrogen and oxygen atoms in total. The monoisotopic (exact) mass is 227 g/mol. The molecule has 0 aliphatic heterocycles. The van der Waals surface area contributed by atoms with Crippen LogP contribution in [0, 0.1) is 12.3 Å². The van der Waals surface area contributed by atoms with Crippen molar-refractivity contribution in [2.24, 2.45) is 0 Å². The number of fused-ring (bicyclic) bond motifs is 1. The van der Waals surface area contributed by atoms with Crippen LogP contribution in [0.3, 0.4) is 0 Å². The van der Waals surface area contributed by atoms with Gasteiger partial charge in [0.15, 0.2) is 0 Å². The number of amides is 1. The van der Waals surface area contributed by atoms with Gasteiger partial charge in [-0.05, 0) is 24.0 Å². The highest BCUT2D eigenvalue weighted by atomic mass is 16.2. The lowest BCUT2D eigenvalue weighted by Crippen LogP contribution is -2.40. The molecule has 17 heavy (non-hydrogen) atoms. The predicted octanol–water partition coefficient (Wildman–Crippen LogP) is 2.20. The highest BCUT2D eigenvalue weighted by Gasteiger charge is 2.34. The summed E-state index contributed by atoms with van der Waals surface area (Å²) in [6.45, 7) is 3.23. The number of rotatable bonds is 4. The van der Waals surface area contributed by atoms with Gasteiger partial charge in [-0.2, -0.15) is 0 Å². The van der Waals surface area contributed by atoms with E-state index in [1.165, 1.54) is 11.1 Å². The smallest absolute Gasteiger partial charge is 0.231 e. The molecule has 1 unspecified atom stereocenters. The number of hydrogen-bond donors (Lipinski definition) is 0. The van der Waals surface area contributed by atoms with Crippen molar-refractivity contribution in [2.75, 3.05) is 13.1 Å². The van der Waals surface area contributed by atoms with Gasteiger partial charge in [0.05, 0.1) is 12.5 Å². The van der Waals surface area contributed by atoms with Gasteiger partial charge in [-0.1, -0.05) is 37.1 Å². The van der Waals surface area contributed by atoms with Crippen molar-refractivity contribution in [3.05, 3.63) is 35.4 Å².